The lowest BCUT2D eigenvalue weighted by atomic mass is 10.2. The van der Waals surface area contributed by atoms with Crippen LogP contribution in [0.1, 0.15) is 6.42 Å². The van der Waals surface area contributed by atoms with Crippen LogP contribution in [-0.4, -0.2) is 40.9 Å². The Kier molecular flexibility index (Phi) is 3.65. The third-order valence-electron chi connectivity index (χ3n) is 4.10. The van der Waals surface area contributed by atoms with Crippen LogP contribution in [0.25, 0.3) is 22.3 Å². The van der Waals surface area contributed by atoms with Gasteiger partial charge in [0.25, 0.3) is 0 Å². The molecule has 0 aliphatic carbocycles. The summed E-state index contributed by atoms with van der Waals surface area (Å²) in [4.78, 5) is 13.3. The van der Waals surface area contributed by atoms with Crippen molar-refractivity contribution in [1.82, 2.24) is 15.0 Å². The molecule has 1 atom stereocenters. The van der Waals surface area contributed by atoms with Crippen molar-refractivity contribution < 1.29 is 8.42 Å². The van der Waals surface area contributed by atoms with Crippen molar-refractivity contribution in [2.45, 2.75) is 12.5 Å². The molecule has 1 saturated heterocycles. The zero-order valence-electron chi connectivity index (χ0n) is 12.9. The number of nitrogens with zero attached hydrogens (tertiary/aromatic N) is 3. The molecule has 122 valence electrons. The molecule has 24 heavy (non-hydrogen) atoms. The molecule has 1 N–H and O–H groups in total. The molecule has 0 radical (unpaired) electrons. The Bertz CT molecular complexity index is 990. The van der Waals surface area contributed by atoms with E-state index in [-0.39, 0.29) is 17.5 Å². The number of aromatic nitrogens is 3. The monoisotopic (exact) mass is 340 g/mol. The molecule has 1 aliphatic rings. The second-order valence-corrected chi connectivity index (χ2v) is 8.13. The lowest BCUT2D eigenvalue weighted by Gasteiger charge is -2.14. The topological polar surface area (TPSA) is 84.8 Å². The standard InChI is InChI=1S/C17H16N4O2S/c22-24(23)9-7-13(11-24)19-17-14-5-1-2-6-15(14)20-16(21-17)12-4-3-8-18-10-12/h1-6,8,10,13H,7,9,11H2,(H,19,20,21)/t13-/m1/s1. The average molecular weight is 340 g/mol. The lowest BCUT2D eigenvalue weighted by molar-refractivity contribution is 0.602. The average Bonchev–Trinajstić information content (AvgIpc) is 2.94. The van der Waals surface area contributed by atoms with Crippen molar-refractivity contribution >= 4 is 26.6 Å². The maximum Gasteiger partial charge on any atom is 0.163 e. The largest absolute Gasteiger partial charge is 0.366 e. The van der Waals surface area contributed by atoms with Crippen molar-refractivity contribution in [2.75, 3.05) is 16.8 Å². The van der Waals surface area contributed by atoms with Gasteiger partial charge in [0, 0.05) is 29.4 Å². The molecular weight excluding hydrogens is 324 g/mol. The maximum absolute atomic E-state index is 11.7. The third-order valence-corrected chi connectivity index (χ3v) is 5.86. The quantitative estimate of drug-likeness (QED) is 0.787. The number of fused-ring (bicyclic) bond motifs is 1. The predicted octanol–water partition coefficient (Wildman–Crippen LogP) is 2.29. The highest BCUT2D eigenvalue weighted by Gasteiger charge is 2.28. The molecule has 1 fully saturated rings. The second-order valence-electron chi connectivity index (χ2n) is 5.90. The van der Waals surface area contributed by atoms with E-state index in [0.29, 0.717) is 18.1 Å². The van der Waals surface area contributed by atoms with E-state index in [2.05, 4.69) is 20.3 Å². The van der Waals surface area contributed by atoms with Gasteiger partial charge in [-0.2, -0.15) is 0 Å². The number of hydrogen-bond donors (Lipinski definition) is 1. The minimum absolute atomic E-state index is 0.116. The summed E-state index contributed by atoms with van der Waals surface area (Å²) in [6, 6.07) is 11.3. The Hall–Kier alpha value is -2.54. The van der Waals surface area contributed by atoms with Gasteiger partial charge in [-0.15, -0.1) is 0 Å². The minimum Gasteiger partial charge on any atom is -0.366 e. The van der Waals surface area contributed by atoms with Gasteiger partial charge in [0.2, 0.25) is 0 Å². The highest BCUT2D eigenvalue weighted by Crippen LogP contribution is 2.26. The maximum atomic E-state index is 11.7. The van der Waals surface area contributed by atoms with E-state index in [1.807, 2.05) is 36.4 Å². The predicted molar refractivity (Wildman–Crippen MR) is 93.5 cm³/mol. The fourth-order valence-corrected chi connectivity index (χ4v) is 4.59. The van der Waals surface area contributed by atoms with Gasteiger partial charge in [-0.1, -0.05) is 12.1 Å². The van der Waals surface area contributed by atoms with Gasteiger partial charge >= 0.3 is 0 Å². The van der Waals surface area contributed by atoms with Crippen LogP contribution in [0.5, 0.6) is 0 Å². The zero-order valence-corrected chi connectivity index (χ0v) is 13.7. The normalized spacial score (nSPS) is 19.4. The Labute approximate surface area is 139 Å². The highest BCUT2D eigenvalue weighted by molar-refractivity contribution is 7.91. The molecule has 0 unspecified atom stereocenters. The van der Waals surface area contributed by atoms with Crippen LogP contribution < -0.4 is 5.32 Å². The molecule has 0 bridgehead atoms. The molecule has 0 saturated carbocycles. The van der Waals surface area contributed by atoms with E-state index < -0.39 is 9.84 Å². The molecule has 2 aromatic heterocycles. The number of pyridine rings is 1. The van der Waals surface area contributed by atoms with Gasteiger partial charge in [0.15, 0.2) is 15.7 Å². The summed E-state index contributed by atoms with van der Waals surface area (Å²) in [7, 11) is -2.95. The zero-order chi connectivity index (χ0) is 16.6. The Morgan fingerprint density at radius 1 is 1.08 bits per heavy atom. The number of sulfone groups is 1. The number of para-hydroxylation sites is 1. The molecule has 6 nitrogen and oxygen atoms in total. The fourth-order valence-electron chi connectivity index (χ4n) is 2.91. The van der Waals surface area contributed by atoms with Crippen molar-refractivity contribution in [2.24, 2.45) is 0 Å². The van der Waals surface area contributed by atoms with Crippen LogP contribution in [0.2, 0.25) is 0 Å². The van der Waals surface area contributed by atoms with E-state index in [4.69, 9.17) is 0 Å². The number of rotatable bonds is 3. The fraction of sp³-hybridized carbons (Fsp3) is 0.235. The molecule has 3 heterocycles. The molecule has 0 amide bonds. The highest BCUT2D eigenvalue weighted by atomic mass is 32.2. The van der Waals surface area contributed by atoms with Crippen LogP contribution in [0, 0.1) is 0 Å². The summed E-state index contributed by atoms with van der Waals surface area (Å²) in [6.07, 6.45) is 4.02. The van der Waals surface area contributed by atoms with Crippen LogP contribution in [0.3, 0.4) is 0 Å². The molecule has 1 aromatic carbocycles. The first kappa shape index (κ1) is 15.0. The van der Waals surface area contributed by atoms with E-state index >= 15 is 0 Å². The summed E-state index contributed by atoms with van der Waals surface area (Å²) < 4.78 is 23.4. The number of nitrogens with one attached hydrogen (secondary N) is 1. The Morgan fingerprint density at radius 2 is 1.96 bits per heavy atom. The number of benzene rings is 1. The molecule has 0 spiro atoms. The summed E-state index contributed by atoms with van der Waals surface area (Å²) in [6.45, 7) is 0. The number of hydrogen-bond acceptors (Lipinski definition) is 6. The molecular formula is C17H16N4O2S. The number of anilines is 1. The summed E-state index contributed by atoms with van der Waals surface area (Å²) in [5.74, 6) is 1.61. The van der Waals surface area contributed by atoms with Crippen LogP contribution >= 0.6 is 0 Å². The second kappa shape index (κ2) is 5.83. The first-order valence-electron chi connectivity index (χ1n) is 7.75. The Balaban J connectivity index is 1.78. The summed E-state index contributed by atoms with van der Waals surface area (Å²) in [5.41, 5.74) is 1.64. The van der Waals surface area contributed by atoms with Gasteiger partial charge in [-0.25, -0.2) is 18.4 Å². The first-order valence-corrected chi connectivity index (χ1v) is 9.57. The summed E-state index contributed by atoms with van der Waals surface area (Å²) >= 11 is 0. The summed E-state index contributed by atoms with van der Waals surface area (Å²) in [5, 5.41) is 4.18. The van der Waals surface area contributed by atoms with Gasteiger partial charge in [-0.05, 0) is 30.7 Å². The van der Waals surface area contributed by atoms with Gasteiger partial charge in [-0.3, -0.25) is 4.98 Å². The van der Waals surface area contributed by atoms with Crippen molar-refractivity contribution in [1.29, 1.82) is 0 Å². The third kappa shape index (κ3) is 2.94. The van der Waals surface area contributed by atoms with Crippen LogP contribution in [0.4, 0.5) is 5.82 Å². The van der Waals surface area contributed by atoms with Gasteiger partial charge in [0.05, 0.1) is 17.0 Å². The van der Waals surface area contributed by atoms with Crippen LogP contribution in [0.15, 0.2) is 48.8 Å². The Morgan fingerprint density at radius 3 is 2.71 bits per heavy atom. The SMILES string of the molecule is O=S1(=O)CC[C@@H](Nc2nc(-c3cccnc3)nc3ccccc23)C1. The molecule has 7 heteroatoms. The van der Waals surface area contributed by atoms with E-state index in [9.17, 15) is 8.42 Å². The van der Waals surface area contributed by atoms with Crippen molar-refractivity contribution in [3.8, 4) is 11.4 Å². The van der Waals surface area contributed by atoms with Crippen molar-refractivity contribution in [3.05, 3.63) is 48.8 Å². The van der Waals surface area contributed by atoms with Gasteiger partial charge < -0.3 is 5.32 Å². The van der Waals surface area contributed by atoms with E-state index in [0.717, 1.165) is 16.5 Å². The van der Waals surface area contributed by atoms with Crippen LogP contribution in [-0.2, 0) is 9.84 Å². The van der Waals surface area contributed by atoms with Crippen molar-refractivity contribution in [3.63, 3.8) is 0 Å². The molecule has 3 aromatic rings. The van der Waals surface area contributed by atoms with E-state index in [1.54, 1.807) is 12.4 Å². The first-order chi connectivity index (χ1) is 11.6. The lowest BCUT2D eigenvalue weighted by Crippen LogP contribution is -2.21. The van der Waals surface area contributed by atoms with Gasteiger partial charge in [0.1, 0.15) is 5.82 Å². The molecule has 4 rings (SSSR count). The smallest absolute Gasteiger partial charge is 0.163 e. The molecule has 1 aliphatic heterocycles. The van der Waals surface area contributed by atoms with E-state index in [1.165, 1.54) is 0 Å². The minimum atomic E-state index is -2.95.